The average Bonchev–Trinajstić information content (AvgIpc) is 2.62. The molecule has 0 aliphatic heterocycles. The van der Waals surface area contributed by atoms with Gasteiger partial charge in [0, 0.05) is 5.54 Å². The summed E-state index contributed by atoms with van der Waals surface area (Å²) >= 11 is 0. The fourth-order valence-electron chi connectivity index (χ4n) is 2.74. The second-order valence-corrected chi connectivity index (χ2v) is 16.6. The summed E-state index contributed by atoms with van der Waals surface area (Å²) in [6, 6.07) is 1.16. The van der Waals surface area contributed by atoms with Crippen molar-refractivity contribution in [3.05, 3.63) is 43.0 Å². The van der Waals surface area contributed by atoms with Gasteiger partial charge >= 0.3 is 0 Å². The van der Waals surface area contributed by atoms with E-state index in [0.717, 1.165) is 6.04 Å². The zero-order chi connectivity index (χ0) is 14.9. The van der Waals surface area contributed by atoms with Crippen LogP contribution in [0.1, 0.15) is 20.8 Å². The Balaban J connectivity index is 2.68. The van der Waals surface area contributed by atoms with Crippen LogP contribution < -0.4 is 4.98 Å². The lowest BCUT2D eigenvalue weighted by atomic mass is 10.1. The summed E-state index contributed by atoms with van der Waals surface area (Å²) < 4.78 is 0. The molecule has 0 spiro atoms. The Morgan fingerprint density at radius 3 is 2.11 bits per heavy atom. The molecule has 1 N–H and O–H groups in total. The summed E-state index contributed by atoms with van der Waals surface area (Å²) in [5.74, 6) is 0. The molecule has 1 aliphatic rings. The molecule has 0 aromatic rings. The summed E-state index contributed by atoms with van der Waals surface area (Å²) in [6.07, 6.45) is 9.23. The number of hydrogen-bond acceptors (Lipinski definition) is 1. The van der Waals surface area contributed by atoms with Crippen LogP contribution in [-0.2, 0) is 0 Å². The van der Waals surface area contributed by atoms with E-state index in [0.29, 0.717) is 0 Å². The van der Waals surface area contributed by atoms with E-state index in [-0.39, 0.29) is 5.54 Å². The minimum atomic E-state index is -1.55. The predicted molar refractivity (Wildman–Crippen MR) is 92.2 cm³/mol. The molecule has 1 nitrogen and oxygen atoms in total. The number of nitrogens with one attached hydrogen (secondary N) is 1. The minimum absolute atomic E-state index is 0.182. The minimum Gasteiger partial charge on any atom is -0.332 e. The normalized spacial score (nSPS) is 19.9. The van der Waals surface area contributed by atoms with Crippen molar-refractivity contribution >= 4 is 16.3 Å². The van der Waals surface area contributed by atoms with Gasteiger partial charge in [-0.1, -0.05) is 32.3 Å². The zero-order valence-electron chi connectivity index (χ0n) is 13.7. The van der Waals surface area contributed by atoms with Gasteiger partial charge in [-0.05, 0) is 57.2 Å². The van der Waals surface area contributed by atoms with Crippen LogP contribution >= 0.6 is 0 Å². The van der Waals surface area contributed by atoms with E-state index < -0.39 is 16.3 Å². The van der Waals surface area contributed by atoms with E-state index in [2.05, 4.69) is 83.9 Å². The van der Waals surface area contributed by atoms with Gasteiger partial charge in [-0.15, -0.1) is 6.58 Å². The van der Waals surface area contributed by atoms with Crippen molar-refractivity contribution < 1.29 is 0 Å². The highest BCUT2D eigenvalue weighted by molar-refractivity contribution is 6.86. The lowest BCUT2D eigenvalue weighted by molar-refractivity contribution is 0.512. The van der Waals surface area contributed by atoms with Crippen LogP contribution in [0.4, 0.5) is 0 Å². The van der Waals surface area contributed by atoms with Crippen LogP contribution in [0, 0.1) is 30.3 Å². The van der Waals surface area contributed by atoms with Gasteiger partial charge in [-0.3, -0.25) is 0 Å². The first kappa shape index (κ1) is 17.2. The van der Waals surface area contributed by atoms with E-state index >= 15 is 0 Å². The molecule has 107 valence electrons. The van der Waals surface area contributed by atoms with Gasteiger partial charge in [0.2, 0.25) is 0 Å². The number of allylic oxidation sites excluding steroid dienone is 1. The van der Waals surface area contributed by atoms with Gasteiger partial charge in [0.05, 0.1) is 8.07 Å². The largest absolute Gasteiger partial charge is 0.332 e. The topological polar surface area (TPSA) is 12.0 Å². The lowest BCUT2D eigenvalue weighted by Crippen LogP contribution is -2.58. The maximum Gasteiger partial charge on any atom is 0.127 e. The van der Waals surface area contributed by atoms with E-state index in [4.69, 9.17) is 0 Å². The molecule has 0 aromatic carbocycles. The van der Waals surface area contributed by atoms with E-state index in [9.17, 15) is 0 Å². The van der Waals surface area contributed by atoms with Crippen LogP contribution in [0.5, 0.6) is 0 Å². The Morgan fingerprint density at radius 2 is 1.63 bits per heavy atom. The molecule has 3 heteroatoms. The second-order valence-electron chi connectivity index (χ2n) is 7.77. The van der Waals surface area contributed by atoms with Gasteiger partial charge in [0.1, 0.15) is 8.24 Å². The fourth-order valence-corrected chi connectivity index (χ4v) is 7.96. The van der Waals surface area contributed by atoms with Crippen molar-refractivity contribution in [3.63, 3.8) is 0 Å². The number of hydrogen-bond donors (Lipinski definition) is 1. The van der Waals surface area contributed by atoms with Crippen molar-refractivity contribution in [3.8, 4) is 0 Å². The van der Waals surface area contributed by atoms with Crippen LogP contribution in [0.2, 0.25) is 32.2 Å². The van der Waals surface area contributed by atoms with Crippen molar-refractivity contribution in [1.29, 1.82) is 0 Å². The Bertz CT molecular complexity index is 315. The van der Waals surface area contributed by atoms with Gasteiger partial charge in [-0.2, -0.15) is 0 Å². The van der Waals surface area contributed by atoms with Gasteiger partial charge in [-0.25, -0.2) is 0 Å². The molecule has 1 fully saturated rings. The van der Waals surface area contributed by atoms with Gasteiger partial charge < -0.3 is 4.98 Å². The van der Waals surface area contributed by atoms with Crippen molar-refractivity contribution in [2.45, 2.75) is 58.5 Å². The predicted octanol–water partition coefficient (Wildman–Crippen LogP) is 4.33. The molecule has 0 atom stereocenters. The maximum absolute atomic E-state index is 3.91. The first-order valence-corrected chi connectivity index (χ1v) is 13.4. The standard InChI is InChI=1S/C16H30NSi2/c1-9-12-18(5,6)14-10-11-15(13-14)19(7,8)17-16(2,3)4/h9-11,13,17H,1,12H2,2-8H3. The highest BCUT2D eigenvalue weighted by atomic mass is 28.3. The molecule has 0 unspecified atom stereocenters. The van der Waals surface area contributed by atoms with E-state index in [1.54, 1.807) is 5.54 Å². The average molecular weight is 293 g/mol. The zero-order valence-corrected chi connectivity index (χ0v) is 15.7. The second kappa shape index (κ2) is 5.86. The third-order valence-corrected chi connectivity index (χ3v) is 9.91. The highest BCUT2D eigenvalue weighted by Gasteiger charge is 2.45. The molecule has 0 bridgehead atoms. The van der Waals surface area contributed by atoms with Crippen molar-refractivity contribution in [2.24, 2.45) is 0 Å². The fraction of sp³-hybridized carbons (Fsp3) is 0.562. The molecular formula is C16H30NSi2. The Morgan fingerprint density at radius 1 is 1.11 bits per heavy atom. The number of rotatable bonds is 5. The molecular weight excluding hydrogens is 262 g/mol. The van der Waals surface area contributed by atoms with Crippen LogP contribution in [0.15, 0.2) is 12.7 Å². The monoisotopic (exact) mass is 292 g/mol. The van der Waals surface area contributed by atoms with Crippen LogP contribution in [0.3, 0.4) is 0 Å². The Hall–Kier alpha value is 0.134. The van der Waals surface area contributed by atoms with E-state index in [1.165, 1.54) is 5.54 Å². The summed E-state index contributed by atoms with van der Waals surface area (Å²) in [4.78, 5) is 3.84. The van der Waals surface area contributed by atoms with Crippen molar-refractivity contribution in [1.82, 2.24) is 4.98 Å². The third-order valence-electron chi connectivity index (χ3n) is 3.60. The molecule has 19 heavy (non-hydrogen) atoms. The van der Waals surface area contributed by atoms with Gasteiger partial charge in [0.25, 0.3) is 0 Å². The van der Waals surface area contributed by atoms with Crippen molar-refractivity contribution in [2.75, 3.05) is 0 Å². The first-order chi connectivity index (χ1) is 8.48. The smallest absolute Gasteiger partial charge is 0.127 e. The van der Waals surface area contributed by atoms with E-state index in [1.807, 2.05) is 0 Å². The highest BCUT2D eigenvalue weighted by Crippen LogP contribution is 2.42. The van der Waals surface area contributed by atoms with Crippen LogP contribution in [-0.4, -0.2) is 21.8 Å². The Labute approximate surface area is 123 Å². The Kier molecular flexibility index (Phi) is 5.30. The summed E-state index contributed by atoms with van der Waals surface area (Å²) in [5, 5.41) is 0. The molecule has 1 saturated carbocycles. The SMILES string of the molecule is C=CC[Si](C)(C)[C]1[CH][CH][C]([Si](C)(C)NC(C)(C)C)[CH]1. The van der Waals surface area contributed by atoms with Gasteiger partial charge in [0.15, 0.2) is 0 Å². The van der Waals surface area contributed by atoms with Crippen LogP contribution in [0.25, 0.3) is 0 Å². The molecule has 0 heterocycles. The lowest BCUT2D eigenvalue weighted by Gasteiger charge is -2.37. The molecule has 0 amide bonds. The third kappa shape index (κ3) is 4.87. The summed E-state index contributed by atoms with van der Waals surface area (Å²) in [7, 11) is -2.87. The first-order valence-electron chi connectivity index (χ1n) is 7.16. The summed E-state index contributed by atoms with van der Waals surface area (Å²) in [6.45, 7) is 20.3. The molecule has 0 aromatic heterocycles. The molecule has 5 radical (unpaired) electrons. The maximum atomic E-state index is 3.91. The quantitative estimate of drug-likeness (QED) is 0.587. The summed E-state index contributed by atoms with van der Waals surface area (Å²) in [5.41, 5.74) is 3.28. The molecule has 1 rings (SSSR count). The molecule has 0 saturated heterocycles. The molecule has 1 aliphatic carbocycles.